The summed E-state index contributed by atoms with van der Waals surface area (Å²) in [5, 5.41) is 3.71. The Morgan fingerprint density at radius 3 is 2.26 bits per heavy atom. The molecule has 0 fully saturated rings. The van der Waals surface area contributed by atoms with Crippen LogP contribution in [0.15, 0.2) is 78.9 Å². The molecule has 35 heavy (non-hydrogen) atoms. The lowest BCUT2D eigenvalue weighted by Crippen LogP contribution is -2.52. The van der Waals surface area contributed by atoms with Gasteiger partial charge in [0.2, 0.25) is 11.8 Å². The van der Waals surface area contributed by atoms with Crippen LogP contribution in [-0.2, 0) is 28.3 Å². The molecule has 4 nitrogen and oxygen atoms in total. The van der Waals surface area contributed by atoms with Crippen LogP contribution in [0.25, 0.3) is 0 Å². The maximum absolute atomic E-state index is 13.6. The number of thioether (sulfide) groups is 1. The maximum Gasteiger partial charge on any atom is 0.243 e. The van der Waals surface area contributed by atoms with E-state index in [1.54, 1.807) is 4.90 Å². The maximum atomic E-state index is 13.6. The monoisotopic (exact) mass is 508 g/mol. The van der Waals surface area contributed by atoms with Crippen molar-refractivity contribution in [2.45, 2.75) is 51.6 Å². The first kappa shape index (κ1) is 26.8. The lowest BCUT2D eigenvalue weighted by atomic mass is 10.0. The van der Waals surface area contributed by atoms with Gasteiger partial charge < -0.3 is 10.2 Å². The highest BCUT2D eigenvalue weighted by molar-refractivity contribution is 7.99. The van der Waals surface area contributed by atoms with Crippen LogP contribution < -0.4 is 5.32 Å². The summed E-state index contributed by atoms with van der Waals surface area (Å²) in [7, 11) is 0. The van der Waals surface area contributed by atoms with Gasteiger partial charge in [-0.05, 0) is 49.6 Å². The van der Waals surface area contributed by atoms with E-state index in [0.29, 0.717) is 23.7 Å². The fraction of sp³-hybridized carbons (Fsp3) is 0.310. The van der Waals surface area contributed by atoms with Gasteiger partial charge in [0.15, 0.2) is 0 Å². The van der Waals surface area contributed by atoms with E-state index in [-0.39, 0.29) is 23.6 Å². The molecule has 2 amide bonds. The first-order valence-corrected chi connectivity index (χ1v) is 13.4. The Balaban J connectivity index is 1.84. The molecule has 0 saturated carbocycles. The number of aryl methyl sites for hydroxylation is 1. The highest BCUT2D eigenvalue weighted by Crippen LogP contribution is 2.20. The summed E-state index contributed by atoms with van der Waals surface area (Å²) < 4.78 is 0. The molecule has 3 rings (SSSR count). The van der Waals surface area contributed by atoms with Gasteiger partial charge in [-0.25, -0.2) is 0 Å². The fourth-order valence-corrected chi connectivity index (χ4v) is 4.86. The Morgan fingerprint density at radius 2 is 1.60 bits per heavy atom. The SMILES string of the molecule is Cc1ccc(CN(C(=O)CSCc2cccc(Cl)c2)C(Cc2ccccc2)C(=O)NC(C)C)cc1. The van der Waals surface area contributed by atoms with Gasteiger partial charge in [-0.3, -0.25) is 9.59 Å². The number of carbonyl (C=O) groups excluding carboxylic acids is 2. The van der Waals surface area contributed by atoms with Crippen LogP contribution in [0.3, 0.4) is 0 Å². The molecule has 3 aromatic rings. The highest BCUT2D eigenvalue weighted by Gasteiger charge is 2.30. The van der Waals surface area contributed by atoms with Gasteiger partial charge in [0.25, 0.3) is 0 Å². The minimum atomic E-state index is -0.611. The number of nitrogens with one attached hydrogen (secondary N) is 1. The van der Waals surface area contributed by atoms with Crippen LogP contribution in [0.1, 0.15) is 36.1 Å². The summed E-state index contributed by atoms with van der Waals surface area (Å²) in [6.45, 7) is 6.28. The zero-order chi connectivity index (χ0) is 25.2. The topological polar surface area (TPSA) is 49.4 Å². The van der Waals surface area contributed by atoms with Gasteiger partial charge >= 0.3 is 0 Å². The standard InChI is InChI=1S/C29H33ClN2O2S/c1-21(2)31-29(34)27(17-23-8-5-4-6-9-23)32(18-24-14-12-22(3)13-15-24)28(33)20-35-19-25-10-7-11-26(30)16-25/h4-16,21,27H,17-20H2,1-3H3,(H,31,34). The number of amides is 2. The van der Waals surface area contributed by atoms with E-state index in [1.807, 2.05) is 99.6 Å². The molecule has 1 atom stereocenters. The van der Waals surface area contributed by atoms with Crippen molar-refractivity contribution in [1.29, 1.82) is 0 Å². The summed E-state index contributed by atoms with van der Waals surface area (Å²) in [5.41, 5.74) is 4.24. The highest BCUT2D eigenvalue weighted by atomic mass is 35.5. The number of hydrogen-bond acceptors (Lipinski definition) is 3. The summed E-state index contributed by atoms with van der Waals surface area (Å²) in [5.74, 6) is 0.756. The Bertz CT molecular complexity index is 1100. The quantitative estimate of drug-likeness (QED) is 0.343. The lowest BCUT2D eigenvalue weighted by molar-refractivity contribution is -0.139. The Labute approximate surface area is 218 Å². The van der Waals surface area contributed by atoms with Crippen molar-refractivity contribution < 1.29 is 9.59 Å². The molecule has 0 aliphatic heterocycles. The number of rotatable bonds is 11. The lowest BCUT2D eigenvalue weighted by Gasteiger charge is -2.32. The number of benzene rings is 3. The molecule has 0 aliphatic carbocycles. The third-order valence-corrected chi connectivity index (χ3v) is 6.78. The Morgan fingerprint density at radius 1 is 0.914 bits per heavy atom. The molecule has 6 heteroatoms. The van der Waals surface area contributed by atoms with E-state index in [0.717, 1.165) is 22.3 Å². The predicted molar refractivity (Wildman–Crippen MR) is 147 cm³/mol. The van der Waals surface area contributed by atoms with Crippen LogP contribution in [0.2, 0.25) is 5.02 Å². The molecule has 0 spiro atoms. The molecule has 3 aromatic carbocycles. The molecular formula is C29H33ClN2O2S. The van der Waals surface area contributed by atoms with Gasteiger partial charge in [0.05, 0.1) is 5.75 Å². The van der Waals surface area contributed by atoms with Gasteiger partial charge in [0.1, 0.15) is 6.04 Å². The van der Waals surface area contributed by atoms with E-state index in [1.165, 1.54) is 11.8 Å². The number of nitrogens with zero attached hydrogens (tertiary/aromatic N) is 1. The van der Waals surface area contributed by atoms with Crippen molar-refractivity contribution in [2.24, 2.45) is 0 Å². The molecule has 1 N–H and O–H groups in total. The third kappa shape index (κ3) is 8.75. The van der Waals surface area contributed by atoms with Crippen LogP contribution in [0.4, 0.5) is 0 Å². The minimum absolute atomic E-state index is 0.0192. The summed E-state index contributed by atoms with van der Waals surface area (Å²) in [6, 6.07) is 25.0. The Kier molecular flexibility index (Phi) is 10.2. The molecule has 184 valence electrons. The normalized spacial score (nSPS) is 11.8. The summed E-state index contributed by atoms with van der Waals surface area (Å²) in [6.07, 6.45) is 0.454. The van der Waals surface area contributed by atoms with Crippen molar-refractivity contribution in [3.63, 3.8) is 0 Å². The second-order valence-electron chi connectivity index (χ2n) is 9.00. The van der Waals surface area contributed by atoms with E-state index < -0.39 is 6.04 Å². The molecule has 0 bridgehead atoms. The number of hydrogen-bond donors (Lipinski definition) is 1. The Hall–Kier alpha value is -2.76. The van der Waals surface area contributed by atoms with Crippen molar-refractivity contribution in [2.75, 3.05) is 5.75 Å². The summed E-state index contributed by atoms with van der Waals surface area (Å²) in [4.78, 5) is 28.7. The zero-order valence-electron chi connectivity index (χ0n) is 20.5. The molecule has 0 aromatic heterocycles. The van der Waals surface area contributed by atoms with E-state index in [9.17, 15) is 9.59 Å². The first-order valence-electron chi connectivity index (χ1n) is 11.8. The van der Waals surface area contributed by atoms with Gasteiger partial charge in [-0.15, -0.1) is 11.8 Å². The van der Waals surface area contributed by atoms with Crippen molar-refractivity contribution in [3.05, 3.63) is 106 Å². The minimum Gasteiger partial charge on any atom is -0.352 e. The molecule has 0 radical (unpaired) electrons. The second-order valence-corrected chi connectivity index (χ2v) is 10.4. The first-order chi connectivity index (χ1) is 16.8. The van der Waals surface area contributed by atoms with Crippen LogP contribution >= 0.6 is 23.4 Å². The van der Waals surface area contributed by atoms with Crippen LogP contribution in [0.5, 0.6) is 0 Å². The van der Waals surface area contributed by atoms with E-state index >= 15 is 0 Å². The fourth-order valence-electron chi connectivity index (χ4n) is 3.79. The van der Waals surface area contributed by atoms with Crippen molar-refractivity contribution >= 4 is 35.2 Å². The van der Waals surface area contributed by atoms with Crippen molar-refractivity contribution in [3.8, 4) is 0 Å². The zero-order valence-corrected chi connectivity index (χ0v) is 22.1. The van der Waals surface area contributed by atoms with E-state index in [2.05, 4.69) is 5.32 Å². The van der Waals surface area contributed by atoms with Crippen LogP contribution in [0, 0.1) is 6.92 Å². The largest absolute Gasteiger partial charge is 0.352 e. The van der Waals surface area contributed by atoms with Gasteiger partial charge in [0, 0.05) is 29.8 Å². The predicted octanol–water partition coefficient (Wildman–Crippen LogP) is 6.05. The number of carbonyl (C=O) groups is 2. The third-order valence-electron chi connectivity index (χ3n) is 5.56. The molecule has 1 unspecified atom stereocenters. The molecule has 0 aliphatic rings. The van der Waals surface area contributed by atoms with Gasteiger partial charge in [-0.2, -0.15) is 0 Å². The van der Waals surface area contributed by atoms with Crippen LogP contribution in [-0.4, -0.2) is 34.6 Å². The molecule has 0 heterocycles. The summed E-state index contributed by atoms with van der Waals surface area (Å²) >= 11 is 7.64. The smallest absolute Gasteiger partial charge is 0.243 e. The van der Waals surface area contributed by atoms with Crippen molar-refractivity contribution in [1.82, 2.24) is 10.2 Å². The molecule has 0 saturated heterocycles. The second kappa shape index (κ2) is 13.4. The van der Waals surface area contributed by atoms with Gasteiger partial charge in [-0.1, -0.05) is 83.9 Å². The average Bonchev–Trinajstić information content (AvgIpc) is 2.82. The number of halogens is 1. The van der Waals surface area contributed by atoms with E-state index in [4.69, 9.17) is 11.6 Å². The average molecular weight is 509 g/mol. The molecular weight excluding hydrogens is 476 g/mol.